The highest BCUT2D eigenvalue weighted by Gasteiger charge is 2.04. The summed E-state index contributed by atoms with van der Waals surface area (Å²) in [5.41, 5.74) is 1.83. The summed E-state index contributed by atoms with van der Waals surface area (Å²) in [4.78, 5) is 12.7. The second-order valence-corrected chi connectivity index (χ2v) is 5.01. The Bertz CT molecular complexity index is 694. The van der Waals surface area contributed by atoms with Gasteiger partial charge in [-0.2, -0.15) is 0 Å². The van der Waals surface area contributed by atoms with E-state index < -0.39 is 0 Å². The van der Waals surface area contributed by atoms with Crippen LogP contribution in [0.1, 0.15) is 0 Å². The Morgan fingerprint density at radius 3 is 3.05 bits per heavy atom. The second-order valence-electron chi connectivity index (χ2n) is 3.92. The van der Waals surface area contributed by atoms with Crippen molar-refractivity contribution in [3.8, 4) is 0 Å². The largest absolute Gasteiger partial charge is 0.346 e. The van der Waals surface area contributed by atoms with Crippen LogP contribution in [0.5, 0.6) is 0 Å². The van der Waals surface area contributed by atoms with Crippen LogP contribution in [0.25, 0.3) is 11.0 Å². The number of nitrogens with one attached hydrogen (secondary N) is 3. The van der Waals surface area contributed by atoms with Crippen molar-refractivity contribution in [2.45, 2.75) is 4.90 Å². The predicted molar refractivity (Wildman–Crippen MR) is 78.5 cm³/mol. The number of aromatic amines is 1. The van der Waals surface area contributed by atoms with Gasteiger partial charge in [0, 0.05) is 16.8 Å². The molecule has 0 bridgehead atoms. The number of hydrogen-bond donors (Lipinski definition) is 3. The van der Waals surface area contributed by atoms with Crippen molar-refractivity contribution in [3.63, 3.8) is 0 Å². The molecule has 0 unspecified atom stereocenters. The van der Waals surface area contributed by atoms with Crippen molar-refractivity contribution in [2.24, 2.45) is 0 Å². The van der Waals surface area contributed by atoms with Crippen LogP contribution in [0.4, 0.5) is 11.5 Å². The van der Waals surface area contributed by atoms with Gasteiger partial charge in [-0.25, -0.2) is 9.97 Å². The molecule has 5 nitrogen and oxygen atoms in total. The number of rotatable bonds is 4. The summed E-state index contributed by atoms with van der Waals surface area (Å²) in [6.07, 6.45) is 3.41. The normalized spacial score (nSPS) is 10.8. The van der Waals surface area contributed by atoms with Gasteiger partial charge in [-0.05, 0) is 43.3 Å². The summed E-state index contributed by atoms with van der Waals surface area (Å²) >= 11 is 1.58. The highest BCUT2D eigenvalue weighted by Crippen LogP contribution is 2.24. The Kier molecular flexibility index (Phi) is 3.35. The van der Waals surface area contributed by atoms with E-state index in [9.17, 15) is 0 Å². The van der Waals surface area contributed by atoms with E-state index in [1.54, 1.807) is 18.3 Å². The van der Waals surface area contributed by atoms with Crippen molar-refractivity contribution in [2.75, 3.05) is 12.4 Å². The molecule has 0 aliphatic carbocycles. The van der Waals surface area contributed by atoms with Gasteiger partial charge in [-0.1, -0.05) is 6.07 Å². The van der Waals surface area contributed by atoms with Crippen LogP contribution < -0.4 is 10.0 Å². The second kappa shape index (κ2) is 5.29. The van der Waals surface area contributed by atoms with E-state index in [2.05, 4.69) is 37.1 Å². The minimum atomic E-state index is 0.804. The molecule has 2 heterocycles. The van der Waals surface area contributed by atoms with Crippen LogP contribution in [-0.2, 0) is 0 Å². The zero-order chi connectivity index (χ0) is 13.1. The number of aromatic nitrogens is 3. The fraction of sp³-hybridized carbons (Fsp3) is 0.0769. The van der Waals surface area contributed by atoms with Crippen LogP contribution in [0.15, 0.2) is 47.8 Å². The first-order chi connectivity index (χ1) is 9.36. The number of fused-ring (bicyclic) bond motifs is 1. The first-order valence-corrected chi connectivity index (χ1v) is 6.67. The quantitative estimate of drug-likeness (QED) is 0.637. The Hall–Kier alpha value is -2.05. The summed E-state index contributed by atoms with van der Waals surface area (Å²) < 4.78 is 3.06. The monoisotopic (exact) mass is 271 g/mol. The molecule has 0 radical (unpaired) electrons. The van der Waals surface area contributed by atoms with E-state index in [0.717, 1.165) is 27.4 Å². The van der Waals surface area contributed by atoms with Gasteiger partial charge in [0.25, 0.3) is 0 Å². The molecule has 0 saturated carbocycles. The molecule has 0 amide bonds. The van der Waals surface area contributed by atoms with Crippen molar-refractivity contribution in [1.82, 2.24) is 19.7 Å². The summed E-state index contributed by atoms with van der Waals surface area (Å²) in [5.74, 6) is 0.804. The van der Waals surface area contributed by atoms with Gasteiger partial charge >= 0.3 is 0 Å². The Balaban J connectivity index is 1.92. The molecule has 3 N–H and O–H groups in total. The zero-order valence-electron chi connectivity index (χ0n) is 10.3. The summed E-state index contributed by atoms with van der Waals surface area (Å²) in [6, 6.07) is 10.1. The highest BCUT2D eigenvalue weighted by molar-refractivity contribution is 7.97. The zero-order valence-corrected chi connectivity index (χ0v) is 11.2. The third-order valence-electron chi connectivity index (χ3n) is 2.67. The molecule has 3 aromatic rings. The lowest BCUT2D eigenvalue weighted by Crippen LogP contribution is -1.96. The van der Waals surface area contributed by atoms with Crippen LogP contribution in [0.2, 0.25) is 0 Å². The molecular weight excluding hydrogens is 258 g/mol. The lowest BCUT2D eigenvalue weighted by molar-refractivity contribution is 1.20. The smallest absolute Gasteiger partial charge is 0.143 e. The number of anilines is 2. The Morgan fingerprint density at radius 1 is 1.21 bits per heavy atom. The van der Waals surface area contributed by atoms with Crippen LogP contribution >= 0.6 is 11.9 Å². The first-order valence-electron chi connectivity index (χ1n) is 5.85. The SMILES string of the molecule is CNSc1cccc(Nc2ncnc3[nH]ccc23)c1. The number of H-pyrrole nitrogens is 1. The van der Waals surface area contributed by atoms with Crippen molar-refractivity contribution in [3.05, 3.63) is 42.9 Å². The van der Waals surface area contributed by atoms with E-state index in [-0.39, 0.29) is 0 Å². The summed E-state index contributed by atoms with van der Waals surface area (Å²) in [5, 5.41) is 4.30. The van der Waals surface area contributed by atoms with Gasteiger partial charge in [0.1, 0.15) is 17.8 Å². The fourth-order valence-electron chi connectivity index (χ4n) is 1.86. The van der Waals surface area contributed by atoms with Crippen molar-refractivity contribution < 1.29 is 0 Å². The van der Waals surface area contributed by atoms with Gasteiger partial charge in [0.05, 0.1) is 5.39 Å². The van der Waals surface area contributed by atoms with Gasteiger partial charge in [0.2, 0.25) is 0 Å². The molecule has 1 aromatic carbocycles. The number of hydrogen-bond acceptors (Lipinski definition) is 5. The lowest BCUT2D eigenvalue weighted by atomic mass is 10.3. The topological polar surface area (TPSA) is 65.6 Å². The molecule has 2 aromatic heterocycles. The first kappa shape index (κ1) is 12.0. The molecule has 0 spiro atoms. The van der Waals surface area contributed by atoms with Crippen molar-refractivity contribution >= 4 is 34.5 Å². The molecular formula is C13H13N5S. The fourth-order valence-corrected chi connectivity index (χ4v) is 2.43. The summed E-state index contributed by atoms with van der Waals surface area (Å²) in [7, 11) is 1.90. The Morgan fingerprint density at radius 2 is 2.16 bits per heavy atom. The van der Waals surface area contributed by atoms with Gasteiger partial charge in [-0.15, -0.1) is 0 Å². The molecule has 96 valence electrons. The predicted octanol–water partition coefficient (Wildman–Crippen LogP) is 2.93. The molecule has 0 aliphatic heterocycles. The lowest BCUT2D eigenvalue weighted by Gasteiger charge is -2.07. The maximum Gasteiger partial charge on any atom is 0.143 e. The minimum absolute atomic E-state index is 0.804. The van der Waals surface area contributed by atoms with Gasteiger partial charge in [0.15, 0.2) is 0 Å². The van der Waals surface area contributed by atoms with E-state index in [1.807, 2.05) is 31.4 Å². The van der Waals surface area contributed by atoms with Gasteiger partial charge in [-0.3, -0.25) is 4.72 Å². The average molecular weight is 271 g/mol. The van der Waals surface area contributed by atoms with Gasteiger partial charge < -0.3 is 10.3 Å². The standard InChI is InChI=1S/C13H13N5S/c1-14-19-10-4-2-3-9(7-10)18-13-11-5-6-15-12(11)16-8-17-13/h2-8,14H,1H3,(H2,15,16,17,18). The van der Waals surface area contributed by atoms with E-state index in [0.29, 0.717) is 0 Å². The van der Waals surface area contributed by atoms with Crippen molar-refractivity contribution in [1.29, 1.82) is 0 Å². The van der Waals surface area contributed by atoms with E-state index in [1.165, 1.54) is 0 Å². The molecule has 6 heteroatoms. The molecule has 3 rings (SSSR count). The Labute approximate surface area is 115 Å². The molecule has 0 fully saturated rings. The maximum atomic E-state index is 4.29. The minimum Gasteiger partial charge on any atom is -0.346 e. The van der Waals surface area contributed by atoms with E-state index in [4.69, 9.17) is 0 Å². The third kappa shape index (κ3) is 2.54. The molecule has 0 saturated heterocycles. The molecule has 0 atom stereocenters. The number of nitrogens with zero attached hydrogens (tertiary/aromatic N) is 2. The van der Waals surface area contributed by atoms with Crippen LogP contribution in [-0.4, -0.2) is 22.0 Å². The summed E-state index contributed by atoms with van der Waals surface area (Å²) in [6.45, 7) is 0. The third-order valence-corrected chi connectivity index (χ3v) is 3.36. The van der Waals surface area contributed by atoms with E-state index >= 15 is 0 Å². The molecule has 19 heavy (non-hydrogen) atoms. The highest BCUT2D eigenvalue weighted by atomic mass is 32.2. The number of benzene rings is 1. The van der Waals surface area contributed by atoms with Crippen LogP contribution in [0, 0.1) is 0 Å². The van der Waals surface area contributed by atoms with Crippen LogP contribution in [0.3, 0.4) is 0 Å². The maximum absolute atomic E-state index is 4.29. The molecule has 0 aliphatic rings. The average Bonchev–Trinajstić information content (AvgIpc) is 2.89.